The van der Waals surface area contributed by atoms with E-state index in [2.05, 4.69) is 15.2 Å². The van der Waals surface area contributed by atoms with Gasteiger partial charge in [-0.25, -0.2) is 0 Å². The van der Waals surface area contributed by atoms with Crippen molar-refractivity contribution in [2.75, 3.05) is 47.6 Å². The maximum atomic E-state index is 6.20. The topological polar surface area (TPSA) is 46.1 Å². The fourth-order valence-electron chi connectivity index (χ4n) is 2.12. The Balaban J connectivity index is 0.00000529. The van der Waals surface area contributed by atoms with Crippen molar-refractivity contribution in [2.24, 2.45) is 4.99 Å². The van der Waals surface area contributed by atoms with Gasteiger partial charge in [-0.2, -0.15) is 0 Å². The zero-order chi connectivity index (χ0) is 16.9. The first-order chi connectivity index (χ1) is 11.2. The molecule has 24 heavy (non-hydrogen) atoms. The van der Waals surface area contributed by atoms with E-state index >= 15 is 0 Å². The van der Waals surface area contributed by atoms with Gasteiger partial charge in [-0.1, -0.05) is 29.8 Å². The number of guanidine groups is 1. The average molecular weight is 470 g/mol. The summed E-state index contributed by atoms with van der Waals surface area (Å²) in [5.74, 6) is 0.866. The van der Waals surface area contributed by atoms with Gasteiger partial charge in [0.05, 0.1) is 13.2 Å². The van der Waals surface area contributed by atoms with Crippen LogP contribution in [0.15, 0.2) is 29.3 Å². The molecule has 0 spiro atoms. The summed E-state index contributed by atoms with van der Waals surface area (Å²) in [5, 5.41) is 4.14. The Morgan fingerprint density at radius 3 is 2.62 bits per heavy atom. The first-order valence-corrected chi connectivity index (χ1v) is 8.28. The van der Waals surface area contributed by atoms with Gasteiger partial charge in [-0.15, -0.1) is 24.0 Å². The van der Waals surface area contributed by atoms with Crippen molar-refractivity contribution in [1.82, 2.24) is 10.2 Å². The van der Waals surface area contributed by atoms with Crippen molar-refractivity contribution >= 4 is 41.5 Å². The normalized spacial score (nSPS) is 11.1. The van der Waals surface area contributed by atoms with E-state index in [-0.39, 0.29) is 24.0 Å². The predicted octanol–water partition coefficient (Wildman–Crippen LogP) is 3.41. The number of methoxy groups -OCH3 is 1. The molecule has 5 nitrogen and oxygen atoms in total. The third-order valence-electron chi connectivity index (χ3n) is 3.37. The van der Waals surface area contributed by atoms with Gasteiger partial charge < -0.3 is 19.7 Å². The molecule has 1 aromatic carbocycles. The molecular weight excluding hydrogens is 441 g/mol. The molecule has 1 aromatic rings. The second kappa shape index (κ2) is 14.7. The van der Waals surface area contributed by atoms with Gasteiger partial charge in [0.25, 0.3) is 0 Å². The lowest BCUT2D eigenvalue weighted by Gasteiger charge is -2.22. The zero-order valence-electron chi connectivity index (χ0n) is 14.8. The van der Waals surface area contributed by atoms with Gasteiger partial charge in [-0.05, 0) is 24.5 Å². The van der Waals surface area contributed by atoms with Crippen LogP contribution in [0.3, 0.4) is 0 Å². The second-order valence-electron chi connectivity index (χ2n) is 5.23. The monoisotopic (exact) mass is 469 g/mol. The Labute approximate surface area is 167 Å². The first kappa shape index (κ1) is 23.4. The Hall–Kier alpha value is -0.570. The van der Waals surface area contributed by atoms with Crippen molar-refractivity contribution in [3.05, 3.63) is 34.9 Å². The number of benzene rings is 1. The van der Waals surface area contributed by atoms with E-state index in [1.165, 1.54) is 0 Å². The summed E-state index contributed by atoms with van der Waals surface area (Å²) in [4.78, 5) is 6.38. The molecule has 138 valence electrons. The molecule has 0 heterocycles. The zero-order valence-corrected chi connectivity index (χ0v) is 17.8. The summed E-state index contributed by atoms with van der Waals surface area (Å²) in [6.07, 6.45) is 2.05. The Kier molecular flexibility index (Phi) is 14.4. The van der Waals surface area contributed by atoms with Gasteiger partial charge in [0.1, 0.15) is 0 Å². The summed E-state index contributed by atoms with van der Waals surface area (Å²) in [7, 11) is 5.48. The highest BCUT2D eigenvalue weighted by atomic mass is 127. The highest BCUT2D eigenvalue weighted by Crippen LogP contribution is 2.16. The molecule has 0 bridgehead atoms. The fourth-order valence-corrected chi connectivity index (χ4v) is 2.31. The largest absolute Gasteiger partial charge is 0.382 e. The van der Waals surface area contributed by atoms with Crippen LogP contribution < -0.4 is 5.32 Å². The van der Waals surface area contributed by atoms with Crippen molar-refractivity contribution in [1.29, 1.82) is 0 Å². The van der Waals surface area contributed by atoms with Gasteiger partial charge in [-0.3, -0.25) is 4.99 Å². The number of hydrogen-bond donors (Lipinski definition) is 1. The van der Waals surface area contributed by atoms with Crippen LogP contribution in [0.4, 0.5) is 0 Å². The van der Waals surface area contributed by atoms with Crippen LogP contribution in [0, 0.1) is 0 Å². The standard InChI is InChI=1S/C17H28ClN3O2.HI/c1-19-17(20-10-6-7-11-23-13-12-22-3)21(2)14-15-8-4-5-9-16(15)18;/h4-5,8-9H,6-7,10-14H2,1-3H3,(H,19,20);1H. The number of hydrogen-bond acceptors (Lipinski definition) is 3. The molecule has 0 unspecified atom stereocenters. The lowest BCUT2D eigenvalue weighted by molar-refractivity contribution is 0.0689. The molecule has 7 heteroatoms. The molecule has 0 aliphatic rings. The molecule has 0 aliphatic heterocycles. The van der Waals surface area contributed by atoms with Crippen molar-refractivity contribution < 1.29 is 9.47 Å². The highest BCUT2D eigenvalue weighted by molar-refractivity contribution is 14.0. The van der Waals surface area contributed by atoms with E-state index in [1.807, 2.05) is 31.3 Å². The Morgan fingerprint density at radius 2 is 1.96 bits per heavy atom. The van der Waals surface area contributed by atoms with Crippen LogP contribution in [0.5, 0.6) is 0 Å². The first-order valence-electron chi connectivity index (χ1n) is 7.91. The summed E-state index contributed by atoms with van der Waals surface area (Å²) in [6.45, 7) is 3.66. The second-order valence-corrected chi connectivity index (χ2v) is 5.64. The number of nitrogens with zero attached hydrogens (tertiary/aromatic N) is 2. The van der Waals surface area contributed by atoms with Crippen molar-refractivity contribution in [2.45, 2.75) is 19.4 Å². The van der Waals surface area contributed by atoms with E-state index in [0.717, 1.165) is 49.1 Å². The van der Waals surface area contributed by atoms with E-state index in [0.29, 0.717) is 13.2 Å². The molecule has 1 rings (SSSR count). The predicted molar refractivity (Wildman–Crippen MR) is 112 cm³/mol. The van der Waals surface area contributed by atoms with Crippen LogP contribution in [0.25, 0.3) is 0 Å². The lowest BCUT2D eigenvalue weighted by Crippen LogP contribution is -2.39. The molecule has 0 saturated heterocycles. The minimum absolute atomic E-state index is 0. The third-order valence-corrected chi connectivity index (χ3v) is 3.74. The van der Waals surface area contributed by atoms with Gasteiger partial charge >= 0.3 is 0 Å². The van der Waals surface area contributed by atoms with E-state index in [1.54, 1.807) is 14.2 Å². The van der Waals surface area contributed by atoms with E-state index in [4.69, 9.17) is 21.1 Å². The average Bonchev–Trinajstić information content (AvgIpc) is 2.55. The van der Waals surface area contributed by atoms with Gasteiger partial charge in [0, 0.05) is 45.9 Å². The maximum absolute atomic E-state index is 6.20. The fraction of sp³-hybridized carbons (Fsp3) is 0.588. The SMILES string of the molecule is CN=C(NCCCCOCCOC)N(C)Cc1ccccc1Cl.I. The minimum atomic E-state index is 0. The van der Waals surface area contributed by atoms with E-state index in [9.17, 15) is 0 Å². The molecule has 0 aromatic heterocycles. The molecule has 0 radical (unpaired) electrons. The number of ether oxygens (including phenoxy) is 2. The molecule has 0 atom stereocenters. The molecule has 0 saturated carbocycles. The summed E-state index contributed by atoms with van der Waals surface area (Å²) in [6, 6.07) is 7.87. The van der Waals surface area contributed by atoms with Crippen molar-refractivity contribution in [3.63, 3.8) is 0 Å². The third kappa shape index (κ3) is 9.66. The Bertz CT molecular complexity index is 475. The number of aliphatic imine (C=N–C) groups is 1. The molecule has 1 N–H and O–H groups in total. The summed E-state index contributed by atoms with van der Waals surface area (Å²) >= 11 is 6.20. The lowest BCUT2D eigenvalue weighted by atomic mass is 10.2. The maximum Gasteiger partial charge on any atom is 0.193 e. The van der Waals surface area contributed by atoms with Gasteiger partial charge in [0.15, 0.2) is 5.96 Å². The van der Waals surface area contributed by atoms with Crippen LogP contribution in [-0.4, -0.2) is 58.4 Å². The highest BCUT2D eigenvalue weighted by Gasteiger charge is 2.08. The molecule has 0 amide bonds. The van der Waals surface area contributed by atoms with E-state index < -0.39 is 0 Å². The van der Waals surface area contributed by atoms with Crippen LogP contribution in [0.1, 0.15) is 18.4 Å². The van der Waals surface area contributed by atoms with Gasteiger partial charge in [0.2, 0.25) is 0 Å². The number of nitrogens with one attached hydrogen (secondary N) is 1. The number of rotatable bonds is 10. The van der Waals surface area contributed by atoms with Crippen LogP contribution in [-0.2, 0) is 16.0 Å². The van der Waals surface area contributed by atoms with Crippen LogP contribution >= 0.6 is 35.6 Å². The minimum Gasteiger partial charge on any atom is -0.382 e. The summed E-state index contributed by atoms with van der Waals surface area (Å²) in [5.41, 5.74) is 1.09. The number of unbranched alkanes of at least 4 members (excludes halogenated alkanes) is 1. The van der Waals surface area contributed by atoms with Crippen LogP contribution in [0.2, 0.25) is 5.02 Å². The quantitative estimate of drug-likeness (QED) is 0.247. The molecule has 0 aliphatic carbocycles. The van der Waals surface area contributed by atoms with Crippen molar-refractivity contribution in [3.8, 4) is 0 Å². The molecule has 0 fully saturated rings. The number of halogens is 2. The Morgan fingerprint density at radius 1 is 1.21 bits per heavy atom. The molecular formula is C17H29ClIN3O2. The summed E-state index contributed by atoms with van der Waals surface area (Å²) < 4.78 is 10.4. The smallest absolute Gasteiger partial charge is 0.193 e.